The summed E-state index contributed by atoms with van der Waals surface area (Å²) in [5.41, 5.74) is 0. The lowest BCUT2D eigenvalue weighted by molar-refractivity contribution is -0.128. The molecule has 6 heteroatoms. The van der Waals surface area contributed by atoms with Gasteiger partial charge in [0.25, 0.3) is 6.43 Å². The van der Waals surface area contributed by atoms with E-state index in [4.69, 9.17) is 4.42 Å². The SMILES string of the molecule is O=C(CC(=O)C(F)F)c1ccc(Br)o1. The van der Waals surface area contributed by atoms with Gasteiger partial charge in [-0.05, 0) is 28.1 Å². The van der Waals surface area contributed by atoms with Gasteiger partial charge in [-0.1, -0.05) is 0 Å². The Hall–Kier alpha value is -1.04. The van der Waals surface area contributed by atoms with Gasteiger partial charge in [0.2, 0.25) is 11.6 Å². The zero-order valence-electron chi connectivity index (χ0n) is 6.80. The van der Waals surface area contributed by atoms with E-state index >= 15 is 0 Å². The van der Waals surface area contributed by atoms with Gasteiger partial charge in [0.1, 0.15) is 0 Å². The van der Waals surface area contributed by atoms with Crippen molar-refractivity contribution in [3.63, 3.8) is 0 Å². The highest BCUT2D eigenvalue weighted by Gasteiger charge is 2.21. The zero-order valence-corrected chi connectivity index (χ0v) is 8.38. The summed E-state index contributed by atoms with van der Waals surface area (Å²) in [6, 6.07) is 2.76. The average molecular weight is 267 g/mol. The van der Waals surface area contributed by atoms with Crippen LogP contribution in [0.4, 0.5) is 8.78 Å². The zero-order chi connectivity index (χ0) is 10.7. The summed E-state index contributed by atoms with van der Waals surface area (Å²) >= 11 is 2.94. The fourth-order valence-electron chi connectivity index (χ4n) is 0.787. The lowest BCUT2D eigenvalue weighted by atomic mass is 10.2. The van der Waals surface area contributed by atoms with Crippen molar-refractivity contribution >= 4 is 27.5 Å². The number of alkyl halides is 2. The normalized spacial score (nSPS) is 10.6. The molecule has 0 aliphatic heterocycles. The van der Waals surface area contributed by atoms with Gasteiger partial charge >= 0.3 is 0 Å². The van der Waals surface area contributed by atoms with E-state index in [-0.39, 0.29) is 5.76 Å². The fourth-order valence-corrected chi connectivity index (χ4v) is 1.09. The van der Waals surface area contributed by atoms with E-state index in [0.29, 0.717) is 4.67 Å². The second-order valence-corrected chi connectivity index (χ2v) is 3.25. The van der Waals surface area contributed by atoms with Gasteiger partial charge in [0, 0.05) is 0 Å². The van der Waals surface area contributed by atoms with Gasteiger partial charge < -0.3 is 4.42 Å². The summed E-state index contributed by atoms with van der Waals surface area (Å²) < 4.78 is 28.6. The van der Waals surface area contributed by atoms with Crippen LogP contribution in [0.1, 0.15) is 17.0 Å². The van der Waals surface area contributed by atoms with Crippen molar-refractivity contribution < 1.29 is 22.8 Å². The van der Waals surface area contributed by atoms with Crippen molar-refractivity contribution in [1.29, 1.82) is 0 Å². The maximum Gasteiger partial charge on any atom is 0.296 e. The predicted octanol–water partition coefficient (Wildman–Crippen LogP) is 2.45. The lowest BCUT2D eigenvalue weighted by Crippen LogP contribution is -2.14. The van der Waals surface area contributed by atoms with E-state index in [1.165, 1.54) is 12.1 Å². The summed E-state index contributed by atoms with van der Waals surface area (Å²) in [6.07, 6.45) is -3.95. The Morgan fingerprint density at radius 1 is 1.43 bits per heavy atom. The topological polar surface area (TPSA) is 47.3 Å². The van der Waals surface area contributed by atoms with Crippen LogP contribution in [0.15, 0.2) is 21.2 Å². The van der Waals surface area contributed by atoms with Crippen LogP contribution < -0.4 is 0 Å². The van der Waals surface area contributed by atoms with Gasteiger partial charge in [0.15, 0.2) is 10.4 Å². The molecule has 1 rings (SSSR count). The van der Waals surface area contributed by atoms with E-state index in [1.54, 1.807) is 0 Å². The Labute approximate surface area is 86.2 Å². The Bertz CT molecular complexity index is 359. The Balaban J connectivity index is 2.64. The number of carbonyl (C=O) groups excluding carboxylic acids is 2. The third-order valence-corrected chi connectivity index (χ3v) is 1.85. The molecule has 0 bridgehead atoms. The molecule has 0 saturated carbocycles. The van der Waals surface area contributed by atoms with Crippen LogP contribution in [0.25, 0.3) is 0 Å². The van der Waals surface area contributed by atoms with Gasteiger partial charge in [-0.2, -0.15) is 0 Å². The van der Waals surface area contributed by atoms with Crippen LogP contribution in [0.5, 0.6) is 0 Å². The van der Waals surface area contributed by atoms with Crippen molar-refractivity contribution in [2.45, 2.75) is 12.8 Å². The summed E-state index contributed by atoms with van der Waals surface area (Å²) in [7, 11) is 0. The molecular weight excluding hydrogens is 262 g/mol. The van der Waals surface area contributed by atoms with Crippen molar-refractivity contribution in [3.05, 3.63) is 22.6 Å². The first-order chi connectivity index (χ1) is 6.50. The fraction of sp³-hybridized carbons (Fsp3) is 0.250. The van der Waals surface area contributed by atoms with Crippen LogP contribution in [-0.2, 0) is 4.79 Å². The second kappa shape index (κ2) is 4.45. The van der Waals surface area contributed by atoms with Gasteiger partial charge in [-0.3, -0.25) is 9.59 Å². The highest BCUT2D eigenvalue weighted by molar-refractivity contribution is 9.10. The molecule has 0 N–H and O–H groups in total. The van der Waals surface area contributed by atoms with E-state index in [2.05, 4.69) is 15.9 Å². The maximum absolute atomic E-state index is 11.8. The van der Waals surface area contributed by atoms with Gasteiger partial charge in [0.05, 0.1) is 6.42 Å². The molecule has 0 fully saturated rings. The number of halogens is 3. The van der Waals surface area contributed by atoms with Gasteiger partial charge in [-0.15, -0.1) is 0 Å². The van der Waals surface area contributed by atoms with Crippen molar-refractivity contribution in [1.82, 2.24) is 0 Å². The number of carbonyl (C=O) groups is 2. The molecule has 0 radical (unpaired) electrons. The Kier molecular flexibility index (Phi) is 3.51. The van der Waals surface area contributed by atoms with Crippen molar-refractivity contribution in [2.24, 2.45) is 0 Å². The number of Topliss-reactive ketones (excluding diaryl/α,β-unsaturated/α-hetero) is 2. The second-order valence-electron chi connectivity index (χ2n) is 2.47. The van der Waals surface area contributed by atoms with Crippen LogP contribution in [-0.4, -0.2) is 18.0 Å². The number of rotatable bonds is 4. The molecule has 0 unspecified atom stereocenters. The molecule has 0 aliphatic rings. The highest BCUT2D eigenvalue weighted by atomic mass is 79.9. The smallest absolute Gasteiger partial charge is 0.296 e. The molecule has 0 aromatic carbocycles. The molecule has 1 aromatic heterocycles. The maximum atomic E-state index is 11.8. The minimum atomic E-state index is -3.11. The van der Waals surface area contributed by atoms with Gasteiger partial charge in [-0.25, -0.2) is 8.78 Å². The number of ketones is 2. The summed E-state index contributed by atoms with van der Waals surface area (Å²) in [5.74, 6) is -2.26. The molecule has 3 nitrogen and oxygen atoms in total. The third-order valence-electron chi connectivity index (χ3n) is 1.43. The first-order valence-electron chi connectivity index (χ1n) is 3.60. The first kappa shape index (κ1) is 11.0. The molecule has 0 spiro atoms. The predicted molar refractivity (Wildman–Crippen MR) is 46.4 cm³/mol. The molecule has 0 saturated heterocycles. The number of furan rings is 1. The quantitative estimate of drug-likeness (QED) is 0.621. The van der Waals surface area contributed by atoms with E-state index in [0.717, 1.165) is 0 Å². The number of hydrogen-bond acceptors (Lipinski definition) is 3. The molecular formula is C8H5BrF2O3. The standard InChI is InChI=1S/C8H5BrF2O3/c9-7-2-1-6(14-7)4(12)3-5(13)8(10)11/h1-2,8H,3H2. The summed E-state index contributed by atoms with van der Waals surface area (Å²) in [6.45, 7) is 0. The highest BCUT2D eigenvalue weighted by Crippen LogP contribution is 2.16. The molecule has 1 heterocycles. The Morgan fingerprint density at radius 3 is 2.50 bits per heavy atom. The third kappa shape index (κ3) is 2.73. The Morgan fingerprint density at radius 2 is 2.07 bits per heavy atom. The lowest BCUT2D eigenvalue weighted by Gasteiger charge is -1.95. The van der Waals surface area contributed by atoms with Crippen molar-refractivity contribution in [3.8, 4) is 0 Å². The molecule has 0 amide bonds. The molecule has 1 aromatic rings. The van der Waals surface area contributed by atoms with Crippen LogP contribution in [0.2, 0.25) is 0 Å². The van der Waals surface area contributed by atoms with Crippen LogP contribution >= 0.6 is 15.9 Å². The van der Waals surface area contributed by atoms with Crippen LogP contribution in [0.3, 0.4) is 0 Å². The summed E-state index contributed by atoms with van der Waals surface area (Å²) in [4.78, 5) is 21.6. The largest absolute Gasteiger partial charge is 0.446 e. The number of hydrogen-bond donors (Lipinski definition) is 0. The summed E-state index contributed by atoms with van der Waals surface area (Å²) in [5, 5.41) is 0. The monoisotopic (exact) mass is 266 g/mol. The average Bonchev–Trinajstić information content (AvgIpc) is 2.51. The van der Waals surface area contributed by atoms with E-state index in [9.17, 15) is 18.4 Å². The van der Waals surface area contributed by atoms with E-state index < -0.39 is 24.4 Å². The minimum absolute atomic E-state index is 0.106. The van der Waals surface area contributed by atoms with E-state index in [1.807, 2.05) is 0 Å². The first-order valence-corrected chi connectivity index (χ1v) is 4.39. The molecule has 0 aliphatic carbocycles. The molecule has 0 atom stereocenters. The minimum Gasteiger partial charge on any atom is -0.446 e. The van der Waals surface area contributed by atoms with Crippen LogP contribution in [0, 0.1) is 0 Å². The molecule has 14 heavy (non-hydrogen) atoms. The van der Waals surface area contributed by atoms with Crippen molar-refractivity contribution in [2.75, 3.05) is 0 Å². The molecule has 76 valence electrons.